The monoisotopic (exact) mass is 338 g/mol. The second-order valence-corrected chi connectivity index (χ2v) is 6.41. The number of carbonyl (C=O) groups is 2. The maximum Gasteiger partial charge on any atom is 0.237 e. The lowest BCUT2D eigenvalue weighted by Crippen LogP contribution is -2.29. The first kappa shape index (κ1) is 15.0. The molecule has 3 aromatic rings. The summed E-state index contributed by atoms with van der Waals surface area (Å²) >= 11 is 6.29. The SMILES string of the molecule is O=C1CC(c2cc(Cl)c3[nH]ccc3c2)C(=O)N1Cc1ccccc1. The van der Waals surface area contributed by atoms with Gasteiger partial charge in [0, 0.05) is 18.0 Å². The second-order valence-electron chi connectivity index (χ2n) is 6.01. The molecular formula is C19H15ClN2O2. The van der Waals surface area contributed by atoms with Crippen molar-refractivity contribution in [1.29, 1.82) is 0 Å². The van der Waals surface area contributed by atoms with Crippen LogP contribution in [0.2, 0.25) is 5.02 Å². The number of aromatic nitrogens is 1. The van der Waals surface area contributed by atoms with Crippen molar-refractivity contribution in [2.24, 2.45) is 0 Å². The van der Waals surface area contributed by atoms with E-state index in [1.807, 2.05) is 48.7 Å². The maximum atomic E-state index is 12.8. The van der Waals surface area contributed by atoms with Crippen LogP contribution in [0.3, 0.4) is 0 Å². The fraction of sp³-hybridized carbons (Fsp3) is 0.158. The maximum absolute atomic E-state index is 12.8. The van der Waals surface area contributed by atoms with Crippen molar-refractivity contribution in [2.75, 3.05) is 0 Å². The highest BCUT2D eigenvalue weighted by Crippen LogP contribution is 2.34. The third kappa shape index (κ3) is 2.49. The van der Waals surface area contributed by atoms with Crippen LogP contribution in [-0.2, 0) is 16.1 Å². The molecule has 0 aliphatic carbocycles. The number of hydrogen-bond acceptors (Lipinski definition) is 2. The molecule has 0 bridgehead atoms. The highest BCUT2D eigenvalue weighted by Gasteiger charge is 2.39. The highest BCUT2D eigenvalue weighted by molar-refractivity contribution is 6.35. The summed E-state index contributed by atoms with van der Waals surface area (Å²) in [6.45, 7) is 0.315. The third-order valence-corrected chi connectivity index (χ3v) is 4.76. The molecule has 1 N–H and O–H groups in total. The first-order chi connectivity index (χ1) is 11.6. The Balaban J connectivity index is 1.64. The largest absolute Gasteiger partial charge is 0.360 e. The summed E-state index contributed by atoms with van der Waals surface area (Å²) in [4.78, 5) is 29.5. The number of fused-ring (bicyclic) bond motifs is 1. The molecule has 1 aliphatic rings. The lowest BCUT2D eigenvalue weighted by molar-refractivity contribution is -0.139. The Morgan fingerprint density at radius 2 is 1.92 bits per heavy atom. The summed E-state index contributed by atoms with van der Waals surface area (Å²) in [5, 5.41) is 1.51. The molecule has 1 aliphatic heterocycles. The number of nitrogens with one attached hydrogen (secondary N) is 1. The zero-order chi connectivity index (χ0) is 16.7. The minimum atomic E-state index is -0.460. The normalized spacial score (nSPS) is 17.9. The number of H-pyrrole nitrogens is 1. The van der Waals surface area contributed by atoms with E-state index in [-0.39, 0.29) is 18.2 Å². The van der Waals surface area contributed by atoms with E-state index in [4.69, 9.17) is 11.6 Å². The van der Waals surface area contributed by atoms with Crippen LogP contribution in [0.1, 0.15) is 23.5 Å². The number of rotatable bonds is 3. The van der Waals surface area contributed by atoms with Crippen LogP contribution < -0.4 is 0 Å². The minimum Gasteiger partial charge on any atom is -0.360 e. The molecule has 0 spiro atoms. The van der Waals surface area contributed by atoms with E-state index in [1.54, 1.807) is 6.07 Å². The van der Waals surface area contributed by atoms with Crippen molar-refractivity contribution in [3.63, 3.8) is 0 Å². The minimum absolute atomic E-state index is 0.140. The third-order valence-electron chi connectivity index (χ3n) is 4.46. The van der Waals surface area contributed by atoms with Gasteiger partial charge in [0.1, 0.15) is 0 Å². The van der Waals surface area contributed by atoms with Gasteiger partial charge in [0.05, 0.1) is 23.0 Å². The Kier molecular flexibility index (Phi) is 3.62. The van der Waals surface area contributed by atoms with Gasteiger partial charge in [0.15, 0.2) is 0 Å². The van der Waals surface area contributed by atoms with Crippen LogP contribution in [0.4, 0.5) is 0 Å². The van der Waals surface area contributed by atoms with Crippen molar-refractivity contribution < 1.29 is 9.59 Å². The van der Waals surface area contributed by atoms with Crippen LogP contribution in [0, 0.1) is 0 Å². The number of amides is 2. The smallest absolute Gasteiger partial charge is 0.237 e. The number of carbonyl (C=O) groups excluding carboxylic acids is 2. The lowest BCUT2D eigenvalue weighted by Gasteiger charge is -2.15. The summed E-state index contributed by atoms with van der Waals surface area (Å²) < 4.78 is 0. The van der Waals surface area contributed by atoms with E-state index in [2.05, 4.69) is 4.98 Å². The quantitative estimate of drug-likeness (QED) is 0.737. The van der Waals surface area contributed by atoms with Gasteiger partial charge in [-0.25, -0.2) is 0 Å². The number of likely N-dealkylation sites (tertiary alicyclic amines) is 1. The van der Waals surface area contributed by atoms with E-state index in [0.29, 0.717) is 11.6 Å². The molecule has 24 heavy (non-hydrogen) atoms. The molecule has 0 radical (unpaired) electrons. The van der Waals surface area contributed by atoms with Crippen molar-refractivity contribution in [2.45, 2.75) is 18.9 Å². The molecule has 120 valence electrons. The van der Waals surface area contributed by atoms with Gasteiger partial charge in [-0.05, 0) is 29.3 Å². The van der Waals surface area contributed by atoms with Crippen molar-refractivity contribution in [3.8, 4) is 0 Å². The molecule has 0 saturated carbocycles. The molecule has 5 heteroatoms. The van der Waals surface area contributed by atoms with Crippen LogP contribution >= 0.6 is 11.6 Å². The summed E-state index contributed by atoms with van der Waals surface area (Å²) in [5.41, 5.74) is 2.58. The predicted octanol–water partition coefficient (Wildman–Crippen LogP) is 3.86. The van der Waals surface area contributed by atoms with E-state index >= 15 is 0 Å². The van der Waals surface area contributed by atoms with Crippen LogP contribution in [0.25, 0.3) is 10.9 Å². The summed E-state index contributed by atoms with van der Waals surface area (Å²) in [6.07, 6.45) is 2.00. The fourth-order valence-electron chi connectivity index (χ4n) is 3.23. The number of halogens is 1. The average Bonchev–Trinajstić information content (AvgIpc) is 3.16. The number of hydrogen-bond donors (Lipinski definition) is 1. The van der Waals surface area contributed by atoms with Crippen molar-refractivity contribution in [1.82, 2.24) is 9.88 Å². The molecule has 1 saturated heterocycles. The first-order valence-corrected chi connectivity index (χ1v) is 8.16. The Hall–Kier alpha value is -2.59. The molecule has 4 nitrogen and oxygen atoms in total. The Labute approximate surface area is 144 Å². The van der Waals surface area contributed by atoms with Crippen molar-refractivity contribution in [3.05, 3.63) is 70.9 Å². The molecular weight excluding hydrogens is 324 g/mol. The number of aromatic amines is 1. The zero-order valence-electron chi connectivity index (χ0n) is 12.8. The lowest BCUT2D eigenvalue weighted by atomic mass is 9.96. The zero-order valence-corrected chi connectivity index (χ0v) is 13.6. The van der Waals surface area contributed by atoms with E-state index in [1.165, 1.54) is 4.90 Å². The van der Waals surface area contributed by atoms with Gasteiger partial charge in [0.25, 0.3) is 0 Å². The van der Waals surface area contributed by atoms with E-state index in [9.17, 15) is 9.59 Å². The van der Waals surface area contributed by atoms with Gasteiger partial charge >= 0.3 is 0 Å². The number of nitrogens with zero attached hydrogens (tertiary/aromatic N) is 1. The Morgan fingerprint density at radius 1 is 1.12 bits per heavy atom. The molecule has 1 unspecified atom stereocenters. The van der Waals surface area contributed by atoms with Crippen LogP contribution in [0.15, 0.2) is 54.7 Å². The first-order valence-electron chi connectivity index (χ1n) is 7.78. The summed E-state index contributed by atoms with van der Waals surface area (Å²) in [7, 11) is 0. The molecule has 1 aromatic heterocycles. The molecule has 4 rings (SSSR count). The van der Waals surface area contributed by atoms with Gasteiger partial charge in [-0.2, -0.15) is 0 Å². The van der Waals surface area contributed by atoms with Crippen molar-refractivity contribution >= 4 is 34.3 Å². The van der Waals surface area contributed by atoms with Crippen LogP contribution in [-0.4, -0.2) is 21.7 Å². The number of benzene rings is 2. The molecule has 2 amide bonds. The molecule has 1 atom stereocenters. The number of imide groups is 1. The summed E-state index contributed by atoms with van der Waals surface area (Å²) in [5.74, 6) is -0.757. The average molecular weight is 339 g/mol. The standard InChI is InChI=1S/C19H15ClN2O2/c20-16-9-14(8-13-6-7-21-18(13)16)15-10-17(23)22(19(15)24)11-12-4-2-1-3-5-12/h1-9,15,21H,10-11H2. The predicted molar refractivity (Wildman–Crippen MR) is 92.7 cm³/mol. The van der Waals surface area contributed by atoms with Gasteiger partial charge in [-0.1, -0.05) is 41.9 Å². The van der Waals surface area contributed by atoms with E-state index < -0.39 is 5.92 Å². The van der Waals surface area contributed by atoms with Gasteiger partial charge in [-0.15, -0.1) is 0 Å². The topological polar surface area (TPSA) is 53.2 Å². The Bertz CT molecular complexity index is 933. The van der Waals surface area contributed by atoms with Gasteiger partial charge < -0.3 is 4.98 Å². The van der Waals surface area contributed by atoms with Gasteiger partial charge in [-0.3, -0.25) is 14.5 Å². The molecule has 1 fully saturated rings. The molecule has 2 heterocycles. The Morgan fingerprint density at radius 3 is 2.71 bits per heavy atom. The highest BCUT2D eigenvalue weighted by atomic mass is 35.5. The van der Waals surface area contributed by atoms with E-state index in [0.717, 1.165) is 22.0 Å². The molecule has 2 aromatic carbocycles. The second kappa shape index (κ2) is 5.80. The summed E-state index contributed by atoms with van der Waals surface area (Å²) in [6, 6.07) is 15.2. The fourth-order valence-corrected chi connectivity index (χ4v) is 3.51. The van der Waals surface area contributed by atoms with Gasteiger partial charge in [0.2, 0.25) is 11.8 Å². The van der Waals surface area contributed by atoms with Crippen LogP contribution in [0.5, 0.6) is 0 Å².